The number of hydrogen-bond acceptors (Lipinski definition) is 5. The van der Waals surface area contributed by atoms with E-state index in [0.29, 0.717) is 23.1 Å². The van der Waals surface area contributed by atoms with Crippen LogP contribution in [-0.2, 0) is 11.3 Å². The second kappa shape index (κ2) is 5.20. The molecule has 3 aromatic rings. The van der Waals surface area contributed by atoms with E-state index in [0.717, 1.165) is 5.76 Å². The van der Waals surface area contributed by atoms with Crippen LogP contribution in [0.5, 0.6) is 0 Å². The van der Waals surface area contributed by atoms with Crippen molar-refractivity contribution in [1.82, 2.24) is 19.7 Å². The number of nitrogens with zero attached hydrogens (tertiary/aromatic N) is 4. The van der Waals surface area contributed by atoms with Gasteiger partial charge in [-0.25, -0.2) is 9.67 Å². The molecule has 0 aliphatic carbocycles. The van der Waals surface area contributed by atoms with Crippen molar-refractivity contribution in [1.29, 1.82) is 0 Å². The lowest BCUT2D eigenvalue weighted by Gasteiger charge is -2.01. The highest BCUT2D eigenvalue weighted by atomic mass is 16.4. The summed E-state index contributed by atoms with van der Waals surface area (Å²) in [6.45, 7) is 1.52. The highest BCUT2D eigenvalue weighted by Gasteiger charge is 2.17. The Morgan fingerprint density at radius 1 is 1.33 bits per heavy atom. The minimum atomic E-state index is -1.00. The lowest BCUT2D eigenvalue weighted by Crippen LogP contribution is -2.11. The maximum atomic E-state index is 11.0. The zero-order chi connectivity index (χ0) is 14.8. The fourth-order valence-corrected chi connectivity index (χ4v) is 1.92. The van der Waals surface area contributed by atoms with Crippen LogP contribution in [0.25, 0.3) is 23.1 Å². The van der Waals surface area contributed by atoms with E-state index in [2.05, 4.69) is 15.1 Å². The van der Waals surface area contributed by atoms with Crippen molar-refractivity contribution in [2.24, 2.45) is 0 Å². The maximum absolute atomic E-state index is 11.0. The third-order valence-electron chi connectivity index (χ3n) is 2.81. The molecule has 3 aromatic heterocycles. The van der Waals surface area contributed by atoms with Crippen LogP contribution < -0.4 is 0 Å². The zero-order valence-corrected chi connectivity index (χ0v) is 11.2. The highest BCUT2D eigenvalue weighted by Crippen LogP contribution is 2.22. The molecule has 7 heteroatoms. The van der Waals surface area contributed by atoms with Gasteiger partial charge in [0.05, 0.1) is 0 Å². The fourth-order valence-electron chi connectivity index (χ4n) is 1.92. The first-order chi connectivity index (χ1) is 10.1. The molecule has 0 fully saturated rings. The molecule has 1 N–H and O–H groups in total. The van der Waals surface area contributed by atoms with Gasteiger partial charge in [-0.15, -0.1) is 5.10 Å². The first-order valence-electron chi connectivity index (χ1n) is 6.28. The van der Waals surface area contributed by atoms with Gasteiger partial charge < -0.3 is 9.52 Å². The number of rotatable bonds is 4. The number of aliphatic carboxylic acids is 1. The van der Waals surface area contributed by atoms with Crippen molar-refractivity contribution in [3.8, 4) is 23.1 Å². The number of hydrogen-bond donors (Lipinski definition) is 1. The predicted octanol–water partition coefficient (Wildman–Crippen LogP) is 1.99. The molecule has 0 radical (unpaired) electrons. The third-order valence-corrected chi connectivity index (χ3v) is 2.81. The van der Waals surface area contributed by atoms with Crippen LogP contribution in [0.3, 0.4) is 0 Å². The van der Waals surface area contributed by atoms with E-state index in [4.69, 9.17) is 9.52 Å². The molecule has 0 saturated carbocycles. The topological polar surface area (TPSA) is 94.0 Å². The quantitative estimate of drug-likeness (QED) is 0.787. The molecule has 0 aliphatic rings. The Morgan fingerprint density at radius 2 is 2.19 bits per heavy atom. The van der Waals surface area contributed by atoms with Crippen LogP contribution in [0, 0.1) is 6.92 Å². The Morgan fingerprint density at radius 3 is 2.81 bits per heavy atom. The summed E-state index contributed by atoms with van der Waals surface area (Å²) >= 11 is 0. The van der Waals surface area contributed by atoms with Crippen LogP contribution in [0.15, 0.2) is 40.9 Å². The van der Waals surface area contributed by atoms with Crippen LogP contribution in [0.2, 0.25) is 0 Å². The average molecular weight is 284 g/mol. The summed E-state index contributed by atoms with van der Waals surface area (Å²) in [7, 11) is 0. The van der Waals surface area contributed by atoms with E-state index in [1.807, 2.05) is 6.92 Å². The Hall–Kier alpha value is -2.96. The molecular weight excluding hydrogens is 272 g/mol. The molecule has 7 nitrogen and oxygen atoms in total. The van der Waals surface area contributed by atoms with Crippen molar-refractivity contribution >= 4 is 5.97 Å². The van der Waals surface area contributed by atoms with E-state index in [1.165, 1.54) is 4.68 Å². The molecule has 0 spiro atoms. The number of pyridine rings is 1. The van der Waals surface area contributed by atoms with Gasteiger partial charge in [0.2, 0.25) is 5.82 Å². The number of carbonyl (C=O) groups is 1. The summed E-state index contributed by atoms with van der Waals surface area (Å²) in [5, 5.41) is 13.2. The molecule has 3 heterocycles. The summed E-state index contributed by atoms with van der Waals surface area (Å²) in [5.41, 5.74) is 0.556. The van der Waals surface area contributed by atoms with E-state index >= 15 is 0 Å². The van der Waals surface area contributed by atoms with Gasteiger partial charge in [0.15, 0.2) is 11.6 Å². The van der Waals surface area contributed by atoms with Crippen LogP contribution in [0.4, 0.5) is 0 Å². The van der Waals surface area contributed by atoms with Gasteiger partial charge in [0, 0.05) is 6.20 Å². The molecule has 106 valence electrons. The van der Waals surface area contributed by atoms with Gasteiger partial charge in [0.1, 0.15) is 18.0 Å². The van der Waals surface area contributed by atoms with E-state index in [1.54, 1.807) is 36.5 Å². The van der Waals surface area contributed by atoms with Gasteiger partial charge in [-0.3, -0.25) is 9.78 Å². The lowest BCUT2D eigenvalue weighted by atomic mass is 10.3. The molecule has 0 bridgehead atoms. The Balaban J connectivity index is 2.09. The van der Waals surface area contributed by atoms with Crippen LogP contribution in [0.1, 0.15) is 5.76 Å². The SMILES string of the molecule is Cc1ccc(-c2nc(-c3ccccn3)n(CC(=O)O)n2)o1. The summed E-state index contributed by atoms with van der Waals surface area (Å²) in [5.74, 6) is 0.958. The normalized spacial score (nSPS) is 10.7. The fraction of sp³-hybridized carbons (Fsp3) is 0.143. The highest BCUT2D eigenvalue weighted by molar-refractivity contribution is 5.68. The maximum Gasteiger partial charge on any atom is 0.325 e. The largest absolute Gasteiger partial charge is 0.480 e. The molecule has 0 saturated heterocycles. The predicted molar refractivity (Wildman–Crippen MR) is 73.3 cm³/mol. The molecule has 3 rings (SSSR count). The van der Waals surface area contributed by atoms with Gasteiger partial charge >= 0.3 is 5.97 Å². The number of aromatic nitrogens is 4. The molecular formula is C14H12N4O3. The Labute approximate surface area is 119 Å². The first kappa shape index (κ1) is 13.0. The average Bonchev–Trinajstić information content (AvgIpc) is 3.06. The zero-order valence-electron chi connectivity index (χ0n) is 11.2. The van der Waals surface area contributed by atoms with E-state index in [9.17, 15) is 4.79 Å². The minimum absolute atomic E-state index is 0.293. The lowest BCUT2D eigenvalue weighted by molar-refractivity contribution is -0.137. The van der Waals surface area contributed by atoms with Crippen molar-refractivity contribution < 1.29 is 14.3 Å². The second-order valence-corrected chi connectivity index (χ2v) is 4.44. The van der Waals surface area contributed by atoms with Crippen LogP contribution >= 0.6 is 0 Å². The minimum Gasteiger partial charge on any atom is -0.480 e. The third kappa shape index (κ3) is 2.66. The van der Waals surface area contributed by atoms with Crippen molar-refractivity contribution in [2.45, 2.75) is 13.5 Å². The molecule has 0 atom stereocenters. The molecule has 0 aliphatic heterocycles. The molecule has 21 heavy (non-hydrogen) atoms. The van der Waals surface area contributed by atoms with Crippen LogP contribution in [-0.4, -0.2) is 30.8 Å². The van der Waals surface area contributed by atoms with E-state index in [-0.39, 0.29) is 6.54 Å². The summed E-state index contributed by atoms with van der Waals surface area (Å²) in [4.78, 5) is 19.5. The van der Waals surface area contributed by atoms with Gasteiger partial charge in [-0.1, -0.05) is 6.07 Å². The Kier molecular flexibility index (Phi) is 3.23. The number of carboxylic acids is 1. The van der Waals surface area contributed by atoms with Crippen molar-refractivity contribution in [3.05, 3.63) is 42.3 Å². The van der Waals surface area contributed by atoms with Gasteiger partial charge in [-0.2, -0.15) is 0 Å². The number of aryl methyl sites for hydroxylation is 1. The molecule has 0 aromatic carbocycles. The summed E-state index contributed by atoms with van der Waals surface area (Å²) in [6.07, 6.45) is 1.62. The molecule has 0 amide bonds. The summed E-state index contributed by atoms with van der Waals surface area (Å²) in [6, 6.07) is 8.88. The first-order valence-corrected chi connectivity index (χ1v) is 6.28. The Bertz CT molecular complexity index is 777. The standard InChI is InChI=1S/C14H12N4O3/c1-9-5-6-11(21-9)13-16-14(10-4-2-3-7-15-10)18(17-13)8-12(19)20/h2-7H,8H2,1H3,(H,19,20). The number of carboxylic acid groups (broad SMARTS) is 1. The smallest absolute Gasteiger partial charge is 0.325 e. The second-order valence-electron chi connectivity index (χ2n) is 4.44. The van der Waals surface area contributed by atoms with E-state index < -0.39 is 5.97 Å². The number of furan rings is 1. The molecule has 0 unspecified atom stereocenters. The van der Waals surface area contributed by atoms with Crippen molar-refractivity contribution in [2.75, 3.05) is 0 Å². The summed E-state index contributed by atoms with van der Waals surface area (Å²) < 4.78 is 6.78. The van der Waals surface area contributed by atoms with Gasteiger partial charge in [0.25, 0.3) is 0 Å². The van der Waals surface area contributed by atoms with Gasteiger partial charge in [-0.05, 0) is 31.2 Å². The monoisotopic (exact) mass is 284 g/mol. The van der Waals surface area contributed by atoms with Crippen molar-refractivity contribution in [3.63, 3.8) is 0 Å².